The highest BCUT2D eigenvalue weighted by atomic mass is 16.5. The molecule has 0 atom stereocenters. The van der Waals surface area contributed by atoms with Crippen LogP contribution in [0.3, 0.4) is 0 Å². The van der Waals surface area contributed by atoms with Gasteiger partial charge >= 0.3 is 0 Å². The third kappa shape index (κ3) is 2.96. The molecular formula is C16H19NO3. The standard InChI is InChI=1S/C16H19NO3/c1-10-5-11(2)7-12(6-10)20-14-9-16(19-4)15(18-3)8-13(14)17/h5-9H,17H2,1-4H3. The van der Waals surface area contributed by atoms with Crippen molar-refractivity contribution in [1.29, 1.82) is 0 Å². The first kappa shape index (κ1) is 14.1. The molecule has 0 radical (unpaired) electrons. The minimum atomic E-state index is 0.502. The van der Waals surface area contributed by atoms with Crippen LogP contribution in [0.1, 0.15) is 11.1 Å². The molecule has 0 unspecified atom stereocenters. The molecule has 0 saturated carbocycles. The molecular weight excluding hydrogens is 254 g/mol. The Hall–Kier alpha value is -2.36. The molecule has 2 aromatic rings. The average molecular weight is 273 g/mol. The molecule has 0 spiro atoms. The molecule has 20 heavy (non-hydrogen) atoms. The number of nitrogen functional groups attached to an aromatic ring is 1. The molecule has 0 saturated heterocycles. The number of rotatable bonds is 4. The molecule has 0 fully saturated rings. The van der Waals surface area contributed by atoms with Gasteiger partial charge in [0, 0.05) is 12.1 Å². The van der Waals surface area contributed by atoms with E-state index >= 15 is 0 Å². The van der Waals surface area contributed by atoms with Crippen molar-refractivity contribution in [2.45, 2.75) is 13.8 Å². The average Bonchev–Trinajstić information content (AvgIpc) is 2.39. The third-order valence-corrected chi connectivity index (χ3v) is 2.94. The minimum Gasteiger partial charge on any atom is -0.493 e. The van der Waals surface area contributed by atoms with Gasteiger partial charge < -0.3 is 19.9 Å². The fourth-order valence-electron chi connectivity index (χ4n) is 2.08. The van der Waals surface area contributed by atoms with E-state index < -0.39 is 0 Å². The number of benzene rings is 2. The van der Waals surface area contributed by atoms with Gasteiger partial charge in [-0.05, 0) is 37.1 Å². The van der Waals surface area contributed by atoms with Gasteiger partial charge in [0.1, 0.15) is 5.75 Å². The van der Waals surface area contributed by atoms with E-state index in [-0.39, 0.29) is 0 Å². The van der Waals surface area contributed by atoms with Gasteiger partial charge in [0.15, 0.2) is 17.2 Å². The largest absolute Gasteiger partial charge is 0.493 e. The Kier molecular flexibility index (Phi) is 4.03. The normalized spacial score (nSPS) is 10.2. The van der Waals surface area contributed by atoms with Crippen LogP contribution in [-0.2, 0) is 0 Å². The Morgan fingerprint density at radius 1 is 0.750 bits per heavy atom. The lowest BCUT2D eigenvalue weighted by Gasteiger charge is -2.14. The summed E-state index contributed by atoms with van der Waals surface area (Å²) in [5.41, 5.74) is 8.76. The van der Waals surface area contributed by atoms with Crippen LogP contribution >= 0.6 is 0 Å². The molecule has 2 aromatic carbocycles. The Morgan fingerprint density at radius 3 is 1.85 bits per heavy atom. The number of ether oxygens (including phenoxy) is 3. The SMILES string of the molecule is COc1cc(N)c(Oc2cc(C)cc(C)c2)cc1OC. The van der Waals surface area contributed by atoms with Gasteiger partial charge in [-0.1, -0.05) is 6.07 Å². The number of anilines is 1. The third-order valence-electron chi connectivity index (χ3n) is 2.94. The van der Waals surface area contributed by atoms with Crippen molar-refractivity contribution in [3.05, 3.63) is 41.5 Å². The molecule has 2 rings (SSSR count). The molecule has 4 heteroatoms. The van der Waals surface area contributed by atoms with E-state index in [1.54, 1.807) is 26.4 Å². The quantitative estimate of drug-likeness (QED) is 0.863. The zero-order valence-electron chi connectivity index (χ0n) is 12.2. The smallest absolute Gasteiger partial charge is 0.164 e. The van der Waals surface area contributed by atoms with Crippen LogP contribution in [-0.4, -0.2) is 14.2 Å². The second-order valence-electron chi connectivity index (χ2n) is 4.67. The number of nitrogens with two attached hydrogens (primary N) is 1. The van der Waals surface area contributed by atoms with Crippen molar-refractivity contribution >= 4 is 5.69 Å². The van der Waals surface area contributed by atoms with Crippen LogP contribution in [0.2, 0.25) is 0 Å². The Morgan fingerprint density at radius 2 is 1.30 bits per heavy atom. The van der Waals surface area contributed by atoms with Crippen molar-refractivity contribution in [2.24, 2.45) is 0 Å². The van der Waals surface area contributed by atoms with Crippen molar-refractivity contribution in [3.63, 3.8) is 0 Å². The van der Waals surface area contributed by atoms with Crippen LogP contribution in [0.4, 0.5) is 5.69 Å². The van der Waals surface area contributed by atoms with Gasteiger partial charge in [-0.2, -0.15) is 0 Å². The molecule has 0 aliphatic heterocycles. The van der Waals surface area contributed by atoms with Crippen molar-refractivity contribution in [1.82, 2.24) is 0 Å². The van der Waals surface area contributed by atoms with Crippen molar-refractivity contribution in [3.8, 4) is 23.0 Å². The monoisotopic (exact) mass is 273 g/mol. The van der Waals surface area contributed by atoms with E-state index in [0.717, 1.165) is 16.9 Å². The lowest BCUT2D eigenvalue weighted by atomic mass is 10.1. The summed E-state index contributed by atoms with van der Waals surface area (Å²) in [6.45, 7) is 4.05. The zero-order valence-corrected chi connectivity index (χ0v) is 12.2. The number of hydrogen-bond donors (Lipinski definition) is 1. The topological polar surface area (TPSA) is 53.7 Å². The fourth-order valence-corrected chi connectivity index (χ4v) is 2.08. The Bertz CT molecular complexity index is 603. The van der Waals surface area contributed by atoms with E-state index in [1.165, 1.54) is 0 Å². The fraction of sp³-hybridized carbons (Fsp3) is 0.250. The summed E-state index contributed by atoms with van der Waals surface area (Å²) in [5, 5.41) is 0. The van der Waals surface area contributed by atoms with E-state index in [9.17, 15) is 0 Å². The van der Waals surface area contributed by atoms with Crippen LogP contribution in [0.5, 0.6) is 23.0 Å². The van der Waals surface area contributed by atoms with E-state index in [0.29, 0.717) is 22.9 Å². The second kappa shape index (κ2) is 5.74. The molecule has 2 N–H and O–H groups in total. The summed E-state index contributed by atoms with van der Waals surface area (Å²) >= 11 is 0. The summed E-state index contributed by atoms with van der Waals surface area (Å²) in [5.74, 6) is 2.47. The summed E-state index contributed by atoms with van der Waals surface area (Å²) in [7, 11) is 3.15. The summed E-state index contributed by atoms with van der Waals surface area (Å²) < 4.78 is 16.3. The second-order valence-corrected chi connectivity index (χ2v) is 4.67. The van der Waals surface area contributed by atoms with Gasteiger partial charge in [-0.15, -0.1) is 0 Å². The number of hydrogen-bond acceptors (Lipinski definition) is 4. The van der Waals surface area contributed by atoms with Gasteiger partial charge in [-0.25, -0.2) is 0 Å². The molecule has 106 valence electrons. The van der Waals surface area contributed by atoms with Gasteiger partial charge in [0.2, 0.25) is 0 Å². The van der Waals surface area contributed by atoms with Gasteiger partial charge in [0.25, 0.3) is 0 Å². The zero-order chi connectivity index (χ0) is 14.7. The first-order chi connectivity index (χ1) is 9.53. The summed E-state index contributed by atoms with van der Waals surface area (Å²) in [4.78, 5) is 0. The van der Waals surface area contributed by atoms with Crippen LogP contribution in [0.15, 0.2) is 30.3 Å². The maximum Gasteiger partial charge on any atom is 0.164 e. The Balaban J connectivity index is 2.37. The number of aryl methyl sites for hydroxylation is 2. The molecule has 4 nitrogen and oxygen atoms in total. The van der Waals surface area contributed by atoms with Gasteiger partial charge in [0.05, 0.1) is 19.9 Å². The van der Waals surface area contributed by atoms with Crippen molar-refractivity contribution in [2.75, 3.05) is 20.0 Å². The van der Waals surface area contributed by atoms with E-state index in [2.05, 4.69) is 6.07 Å². The maximum absolute atomic E-state index is 5.98. The molecule has 0 aliphatic rings. The van der Waals surface area contributed by atoms with E-state index in [4.69, 9.17) is 19.9 Å². The van der Waals surface area contributed by atoms with E-state index in [1.807, 2.05) is 26.0 Å². The number of methoxy groups -OCH3 is 2. The van der Waals surface area contributed by atoms with Crippen molar-refractivity contribution < 1.29 is 14.2 Å². The molecule has 0 heterocycles. The van der Waals surface area contributed by atoms with Crippen LogP contribution in [0.25, 0.3) is 0 Å². The highest BCUT2D eigenvalue weighted by molar-refractivity contribution is 5.62. The summed E-state index contributed by atoms with van der Waals surface area (Å²) in [6.07, 6.45) is 0. The lowest BCUT2D eigenvalue weighted by molar-refractivity contribution is 0.352. The predicted octanol–water partition coefficient (Wildman–Crippen LogP) is 3.70. The first-order valence-corrected chi connectivity index (χ1v) is 6.31. The lowest BCUT2D eigenvalue weighted by Crippen LogP contribution is -1.97. The maximum atomic E-state index is 5.98. The highest BCUT2D eigenvalue weighted by Gasteiger charge is 2.11. The molecule has 0 aliphatic carbocycles. The molecule has 0 bridgehead atoms. The van der Waals surface area contributed by atoms with Crippen LogP contribution < -0.4 is 19.9 Å². The predicted molar refractivity (Wildman–Crippen MR) is 79.9 cm³/mol. The van der Waals surface area contributed by atoms with Crippen LogP contribution in [0, 0.1) is 13.8 Å². The molecule has 0 aromatic heterocycles. The van der Waals surface area contributed by atoms with Gasteiger partial charge in [-0.3, -0.25) is 0 Å². The first-order valence-electron chi connectivity index (χ1n) is 6.31. The highest BCUT2D eigenvalue weighted by Crippen LogP contribution is 2.38. The summed E-state index contributed by atoms with van der Waals surface area (Å²) in [6, 6.07) is 9.43. The Labute approximate surface area is 119 Å². The molecule has 0 amide bonds. The minimum absolute atomic E-state index is 0.502.